The summed E-state index contributed by atoms with van der Waals surface area (Å²) in [6.45, 7) is 2.11. The number of hydrogen-bond acceptors (Lipinski definition) is 3. The van der Waals surface area contributed by atoms with Crippen molar-refractivity contribution >= 4 is 44.6 Å². The lowest BCUT2D eigenvalue weighted by atomic mass is 10.1. The van der Waals surface area contributed by atoms with Gasteiger partial charge in [-0.25, -0.2) is 4.98 Å². The minimum Gasteiger partial charge on any atom is -0.389 e. The Bertz CT molecular complexity index is 613. The summed E-state index contributed by atoms with van der Waals surface area (Å²) in [6.07, 6.45) is 2.64. The van der Waals surface area contributed by atoms with Crippen LogP contribution in [0.5, 0.6) is 0 Å². The van der Waals surface area contributed by atoms with Gasteiger partial charge < -0.3 is 11.1 Å². The number of benzene rings is 1. The first-order valence-corrected chi connectivity index (χ1v) is 7.12. The van der Waals surface area contributed by atoms with Crippen molar-refractivity contribution in [2.75, 3.05) is 5.32 Å². The highest BCUT2D eigenvalue weighted by atomic mass is 79.9. The summed E-state index contributed by atoms with van der Waals surface area (Å²) < 4.78 is 1.06. The van der Waals surface area contributed by atoms with Gasteiger partial charge in [0.15, 0.2) is 0 Å². The summed E-state index contributed by atoms with van der Waals surface area (Å²) in [6, 6.07) is 9.78. The van der Waals surface area contributed by atoms with Gasteiger partial charge in [-0.3, -0.25) is 0 Å². The fraction of sp³-hybridized carbons (Fsp3) is 0.143. The fourth-order valence-corrected chi connectivity index (χ4v) is 2.38. The number of nitrogens with two attached hydrogens (primary N) is 1. The van der Waals surface area contributed by atoms with Gasteiger partial charge in [0.25, 0.3) is 0 Å². The summed E-state index contributed by atoms with van der Waals surface area (Å²) in [5.41, 5.74) is 8.68. The van der Waals surface area contributed by atoms with Crippen LogP contribution in [0.3, 0.4) is 0 Å². The van der Waals surface area contributed by atoms with E-state index in [2.05, 4.69) is 39.2 Å². The number of pyridine rings is 1. The predicted octanol–water partition coefficient (Wildman–Crippen LogP) is 3.78. The molecule has 2 aromatic rings. The van der Waals surface area contributed by atoms with E-state index in [4.69, 9.17) is 18.0 Å². The van der Waals surface area contributed by atoms with E-state index in [-0.39, 0.29) is 0 Å². The number of aryl methyl sites for hydroxylation is 1. The number of aromatic nitrogens is 1. The number of halogens is 1. The van der Waals surface area contributed by atoms with Crippen molar-refractivity contribution in [1.82, 2.24) is 4.98 Å². The first kappa shape index (κ1) is 14.0. The minimum atomic E-state index is 0.339. The molecule has 5 heteroatoms. The molecule has 19 heavy (non-hydrogen) atoms. The Labute approximate surface area is 126 Å². The van der Waals surface area contributed by atoms with Crippen molar-refractivity contribution in [3.63, 3.8) is 0 Å². The van der Waals surface area contributed by atoms with E-state index in [1.165, 1.54) is 5.56 Å². The molecular formula is C14H14BrN3S. The number of nitrogens with zero attached hydrogens (tertiary/aromatic N) is 1. The van der Waals surface area contributed by atoms with Crippen molar-refractivity contribution < 1.29 is 0 Å². The lowest BCUT2D eigenvalue weighted by molar-refractivity contribution is 1.13. The van der Waals surface area contributed by atoms with Gasteiger partial charge in [0.2, 0.25) is 0 Å². The van der Waals surface area contributed by atoms with Crippen LogP contribution < -0.4 is 11.1 Å². The molecule has 0 saturated heterocycles. The molecule has 1 aromatic carbocycles. The fourth-order valence-electron chi connectivity index (χ4n) is 1.81. The van der Waals surface area contributed by atoms with Gasteiger partial charge in [-0.2, -0.15) is 0 Å². The third-order valence-electron chi connectivity index (χ3n) is 2.77. The van der Waals surface area contributed by atoms with E-state index in [1.807, 2.05) is 24.3 Å². The largest absolute Gasteiger partial charge is 0.389 e. The average molecular weight is 336 g/mol. The van der Waals surface area contributed by atoms with E-state index in [0.717, 1.165) is 22.1 Å². The number of anilines is 2. The molecule has 0 fully saturated rings. The number of nitrogens with one attached hydrogen (secondary N) is 1. The first-order chi connectivity index (χ1) is 9.11. The molecule has 0 aliphatic carbocycles. The van der Waals surface area contributed by atoms with Crippen LogP contribution in [0.15, 0.2) is 41.0 Å². The molecule has 0 spiro atoms. The minimum absolute atomic E-state index is 0.339. The van der Waals surface area contributed by atoms with E-state index in [9.17, 15) is 0 Å². The van der Waals surface area contributed by atoms with E-state index < -0.39 is 0 Å². The summed E-state index contributed by atoms with van der Waals surface area (Å²) in [5.74, 6) is 0.687. The SMILES string of the molecule is CCc1cc(Br)ccc1Nc1ncccc1C(N)=S. The quantitative estimate of drug-likeness (QED) is 0.834. The second-order valence-corrected chi connectivity index (χ2v) is 5.40. The first-order valence-electron chi connectivity index (χ1n) is 5.92. The summed E-state index contributed by atoms with van der Waals surface area (Å²) in [5, 5.41) is 3.30. The standard InChI is InChI=1S/C14H14BrN3S/c1-2-9-8-10(15)5-6-12(9)18-14-11(13(16)19)4-3-7-17-14/h3-8H,2H2,1H3,(H2,16,19)(H,17,18). The van der Waals surface area contributed by atoms with Gasteiger partial charge in [-0.15, -0.1) is 0 Å². The Morgan fingerprint density at radius 2 is 2.21 bits per heavy atom. The Balaban J connectivity index is 2.39. The Morgan fingerprint density at radius 3 is 2.89 bits per heavy atom. The third kappa shape index (κ3) is 3.30. The highest BCUT2D eigenvalue weighted by Gasteiger charge is 2.08. The molecule has 2 rings (SSSR count). The lowest BCUT2D eigenvalue weighted by Crippen LogP contribution is -2.13. The predicted molar refractivity (Wildman–Crippen MR) is 86.9 cm³/mol. The zero-order valence-corrected chi connectivity index (χ0v) is 12.9. The summed E-state index contributed by atoms with van der Waals surface area (Å²) >= 11 is 8.51. The molecule has 0 aliphatic heterocycles. The normalized spacial score (nSPS) is 10.2. The molecule has 0 saturated carbocycles. The second-order valence-electron chi connectivity index (χ2n) is 4.04. The van der Waals surface area contributed by atoms with Gasteiger partial charge in [0, 0.05) is 16.4 Å². The number of hydrogen-bond donors (Lipinski definition) is 2. The van der Waals surface area contributed by atoms with Gasteiger partial charge >= 0.3 is 0 Å². The molecule has 3 nitrogen and oxygen atoms in total. The van der Waals surface area contributed by atoms with E-state index in [0.29, 0.717) is 10.8 Å². The van der Waals surface area contributed by atoms with Gasteiger partial charge in [-0.1, -0.05) is 35.1 Å². The molecule has 1 heterocycles. The van der Waals surface area contributed by atoms with Crippen molar-refractivity contribution in [1.29, 1.82) is 0 Å². The van der Waals surface area contributed by atoms with Crippen LogP contribution in [0.4, 0.5) is 11.5 Å². The molecule has 0 aliphatic rings. The second kappa shape index (κ2) is 6.12. The van der Waals surface area contributed by atoms with Crippen molar-refractivity contribution in [2.45, 2.75) is 13.3 Å². The van der Waals surface area contributed by atoms with Crippen molar-refractivity contribution in [3.05, 3.63) is 52.1 Å². The monoisotopic (exact) mass is 335 g/mol. The smallest absolute Gasteiger partial charge is 0.140 e. The van der Waals surface area contributed by atoms with Crippen LogP contribution in [0.25, 0.3) is 0 Å². The molecule has 0 atom stereocenters. The average Bonchev–Trinajstić information content (AvgIpc) is 2.41. The van der Waals surface area contributed by atoms with Crippen molar-refractivity contribution in [2.24, 2.45) is 5.73 Å². The van der Waals surface area contributed by atoms with Gasteiger partial charge in [0.05, 0.1) is 5.56 Å². The lowest BCUT2D eigenvalue weighted by Gasteiger charge is -2.13. The maximum Gasteiger partial charge on any atom is 0.140 e. The topological polar surface area (TPSA) is 50.9 Å². The summed E-state index contributed by atoms with van der Waals surface area (Å²) in [4.78, 5) is 4.64. The zero-order chi connectivity index (χ0) is 13.8. The third-order valence-corrected chi connectivity index (χ3v) is 3.49. The summed E-state index contributed by atoms with van der Waals surface area (Å²) in [7, 11) is 0. The molecule has 98 valence electrons. The molecular weight excluding hydrogens is 322 g/mol. The maximum atomic E-state index is 5.71. The molecule has 3 N–H and O–H groups in total. The molecule has 0 radical (unpaired) electrons. The van der Waals surface area contributed by atoms with Crippen LogP contribution in [0, 0.1) is 0 Å². The van der Waals surface area contributed by atoms with Crippen LogP contribution in [-0.2, 0) is 6.42 Å². The Kier molecular flexibility index (Phi) is 4.50. The molecule has 1 aromatic heterocycles. The van der Waals surface area contributed by atoms with Crippen LogP contribution in [-0.4, -0.2) is 9.97 Å². The highest BCUT2D eigenvalue weighted by molar-refractivity contribution is 9.10. The Hall–Kier alpha value is -1.46. The van der Waals surface area contributed by atoms with Crippen molar-refractivity contribution in [3.8, 4) is 0 Å². The van der Waals surface area contributed by atoms with Crippen LogP contribution >= 0.6 is 28.1 Å². The molecule has 0 bridgehead atoms. The van der Waals surface area contributed by atoms with Crippen LogP contribution in [0.2, 0.25) is 0 Å². The number of rotatable bonds is 4. The van der Waals surface area contributed by atoms with Gasteiger partial charge in [-0.05, 0) is 42.3 Å². The molecule has 0 amide bonds. The Morgan fingerprint density at radius 1 is 1.42 bits per heavy atom. The van der Waals surface area contributed by atoms with Gasteiger partial charge in [0.1, 0.15) is 10.8 Å². The van der Waals surface area contributed by atoms with E-state index >= 15 is 0 Å². The number of thiocarbonyl (C=S) groups is 1. The zero-order valence-electron chi connectivity index (χ0n) is 10.5. The molecule has 0 unspecified atom stereocenters. The van der Waals surface area contributed by atoms with Crippen LogP contribution in [0.1, 0.15) is 18.1 Å². The maximum absolute atomic E-state index is 5.71. The highest BCUT2D eigenvalue weighted by Crippen LogP contribution is 2.25. The van der Waals surface area contributed by atoms with E-state index in [1.54, 1.807) is 6.20 Å².